The molecule has 7 nitrogen and oxygen atoms in total. The van der Waals surface area contributed by atoms with E-state index in [0.717, 1.165) is 60.4 Å². The Morgan fingerprint density at radius 2 is 1.94 bits per heavy atom. The second kappa shape index (κ2) is 11.2. The lowest BCUT2D eigenvalue weighted by molar-refractivity contribution is 0.310. The van der Waals surface area contributed by atoms with Crippen LogP contribution < -0.4 is 20.1 Å². The van der Waals surface area contributed by atoms with Gasteiger partial charge in [-0.1, -0.05) is 18.2 Å². The van der Waals surface area contributed by atoms with Gasteiger partial charge in [-0.3, -0.25) is 0 Å². The summed E-state index contributed by atoms with van der Waals surface area (Å²) >= 11 is 0. The number of aryl methyl sites for hydroxylation is 2. The van der Waals surface area contributed by atoms with E-state index < -0.39 is 0 Å². The maximum atomic E-state index is 5.59. The Bertz CT molecular complexity index is 1010. The van der Waals surface area contributed by atoms with E-state index in [1.54, 1.807) is 7.11 Å². The Morgan fingerprint density at radius 3 is 2.71 bits per heavy atom. The van der Waals surface area contributed by atoms with Gasteiger partial charge in [-0.05, 0) is 57.0 Å². The maximum Gasteiger partial charge on any atom is 0.191 e. The molecule has 0 bridgehead atoms. The molecule has 0 aliphatic carbocycles. The molecule has 0 unspecified atom stereocenters. The molecule has 3 rings (SSSR count). The molecule has 166 valence electrons. The highest BCUT2D eigenvalue weighted by Crippen LogP contribution is 2.28. The predicted molar refractivity (Wildman–Crippen MR) is 126 cm³/mol. The Labute approximate surface area is 184 Å². The van der Waals surface area contributed by atoms with E-state index in [2.05, 4.69) is 52.2 Å². The van der Waals surface area contributed by atoms with Gasteiger partial charge < -0.3 is 24.7 Å². The van der Waals surface area contributed by atoms with Crippen molar-refractivity contribution in [2.75, 3.05) is 26.8 Å². The number of para-hydroxylation sites is 2. The van der Waals surface area contributed by atoms with E-state index >= 15 is 0 Å². The Morgan fingerprint density at radius 1 is 1.10 bits per heavy atom. The Hall–Kier alpha value is -3.22. The average molecular weight is 424 g/mol. The number of guanidine groups is 1. The summed E-state index contributed by atoms with van der Waals surface area (Å²) in [4.78, 5) is 9.35. The second-order valence-corrected chi connectivity index (χ2v) is 7.19. The molecule has 0 aliphatic heterocycles. The first kappa shape index (κ1) is 22.5. The minimum atomic E-state index is 0.559. The fourth-order valence-electron chi connectivity index (χ4n) is 3.52. The minimum Gasteiger partial charge on any atom is -0.493 e. The Kier molecular flexibility index (Phi) is 8.15. The summed E-state index contributed by atoms with van der Waals surface area (Å²) in [5, 5.41) is 6.74. The number of nitrogens with zero attached hydrogens (tertiary/aromatic N) is 3. The van der Waals surface area contributed by atoms with E-state index in [-0.39, 0.29) is 0 Å². The van der Waals surface area contributed by atoms with Crippen molar-refractivity contribution < 1.29 is 9.47 Å². The second-order valence-electron chi connectivity index (χ2n) is 7.19. The van der Waals surface area contributed by atoms with Crippen LogP contribution in [0.15, 0.2) is 47.5 Å². The molecule has 0 saturated carbocycles. The molecule has 0 amide bonds. The van der Waals surface area contributed by atoms with E-state index in [4.69, 9.17) is 14.5 Å². The lowest BCUT2D eigenvalue weighted by Gasteiger charge is -2.13. The van der Waals surface area contributed by atoms with Crippen molar-refractivity contribution in [1.29, 1.82) is 0 Å². The molecule has 2 aromatic carbocycles. The van der Waals surface area contributed by atoms with E-state index in [0.29, 0.717) is 13.2 Å². The van der Waals surface area contributed by atoms with Gasteiger partial charge in [-0.15, -0.1) is 0 Å². The number of nitrogens with one attached hydrogen (secondary N) is 2. The molecule has 7 heteroatoms. The van der Waals surface area contributed by atoms with Gasteiger partial charge in [-0.25, -0.2) is 9.98 Å². The molecule has 0 atom stereocenters. The number of benzene rings is 2. The van der Waals surface area contributed by atoms with Gasteiger partial charge in [0, 0.05) is 19.6 Å². The molecule has 31 heavy (non-hydrogen) atoms. The number of ether oxygens (including phenoxy) is 2. The SMILES string of the molecule is CCNC(=NCc1ccc(OCC)c(OC)c1)NCCCn1c(C)nc2ccccc21. The summed E-state index contributed by atoms with van der Waals surface area (Å²) in [5.41, 5.74) is 3.30. The molecule has 1 aromatic heterocycles. The van der Waals surface area contributed by atoms with Gasteiger partial charge in [-0.2, -0.15) is 0 Å². The zero-order chi connectivity index (χ0) is 22.1. The van der Waals surface area contributed by atoms with Gasteiger partial charge in [0.1, 0.15) is 5.82 Å². The molecule has 0 spiro atoms. The minimum absolute atomic E-state index is 0.559. The molecular weight excluding hydrogens is 390 g/mol. The highest BCUT2D eigenvalue weighted by molar-refractivity contribution is 5.79. The average Bonchev–Trinajstić information content (AvgIpc) is 3.10. The van der Waals surface area contributed by atoms with Crippen molar-refractivity contribution >= 4 is 17.0 Å². The first-order chi connectivity index (χ1) is 15.2. The van der Waals surface area contributed by atoms with Crippen molar-refractivity contribution in [3.8, 4) is 11.5 Å². The van der Waals surface area contributed by atoms with Crippen molar-refractivity contribution in [2.45, 2.75) is 40.3 Å². The number of hydrogen-bond acceptors (Lipinski definition) is 4. The number of aromatic nitrogens is 2. The molecule has 0 fully saturated rings. The lowest BCUT2D eigenvalue weighted by atomic mass is 10.2. The third-order valence-corrected chi connectivity index (χ3v) is 4.99. The summed E-state index contributed by atoms with van der Waals surface area (Å²) < 4.78 is 13.3. The highest BCUT2D eigenvalue weighted by atomic mass is 16.5. The number of fused-ring (bicyclic) bond motifs is 1. The summed E-state index contributed by atoms with van der Waals surface area (Å²) in [6, 6.07) is 14.2. The standard InChI is InChI=1S/C24H33N5O2/c1-5-25-24(27-17-19-12-13-22(31-6-2)23(16-19)30-4)26-14-9-15-29-18(3)28-20-10-7-8-11-21(20)29/h7-8,10-13,16H,5-6,9,14-15,17H2,1-4H3,(H2,25,26,27). The molecule has 1 heterocycles. The number of imidazole rings is 1. The lowest BCUT2D eigenvalue weighted by Crippen LogP contribution is -2.38. The van der Waals surface area contributed by atoms with Gasteiger partial charge in [0.25, 0.3) is 0 Å². The van der Waals surface area contributed by atoms with Crippen LogP contribution in [0, 0.1) is 6.92 Å². The van der Waals surface area contributed by atoms with Gasteiger partial charge in [0.2, 0.25) is 0 Å². The first-order valence-corrected chi connectivity index (χ1v) is 10.9. The van der Waals surface area contributed by atoms with Crippen LogP contribution in [-0.2, 0) is 13.1 Å². The van der Waals surface area contributed by atoms with Crippen LogP contribution in [0.4, 0.5) is 0 Å². The largest absolute Gasteiger partial charge is 0.493 e. The molecule has 2 N–H and O–H groups in total. The van der Waals surface area contributed by atoms with E-state index in [9.17, 15) is 0 Å². The van der Waals surface area contributed by atoms with Gasteiger partial charge in [0.15, 0.2) is 17.5 Å². The number of hydrogen-bond donors (Lipinski definition) is 2. The van der Waals surface area contributed by atoms with Crippen molar-refractivity contribution in [1.82, 2.24) is 20.2 Å². The quantitative estimate of drug-likeness (QED) is 0.294. The van der Waals surface area contributed by atoms with Crippen LogP contribution in [0.2, 0.25) is 0 Å². The van der Waals surface area contributed by atoms with Crippen molar-refractivity contribution in [2.24, 2.45) is 4.99 Å². The fourth-order valence-corrected chi connectivity index (χ4v) is 3.52. The van der Waals surface area contributed by atoms with E-state index in [1.165, 1.54) is 5.52 Å². The molecule has 0 aliphatic rings. The highest BCUT2D eigenvalue weighted by Gasteiger charge is 2.07. The van der Waals surface area contributed by atoms with Crippen molar-refractivity contribution in [3.63, 3.8) is 0 Å². The molecular formula is C24H33N5O2. The van der Waals surface area contributed by atoms with Crippen LogP contribution in [-0.4, -0.2) is 42.3 Å². The summed E-state index contributed by atoms with van der Waals surface area (Å²) in [6.07, 6.45) is 0.975. The van der Waals surface area contributed by atoms with Crippen LogP contribution in [0.1, 0.15) is 31.7 Å². The third kappa shape index (κ3) is 5.90. The first-order valence-electron chi connectivity index (χ1n) is 10.9. The predicted octanol–water partition coefficient (Wildman–Crippen LogP) is 3.90. The van der Waals surface area contributed by atoms with Gasteiger partial charge in [0.05, 0.1) is 31.3 Å². The van der Waals surface area contributed by atoms with Crippen molar-refractivity contribution in [3.05, 3.63) is 53.9 Å². The zero-order valence-corrected chi connectivity index (χ0v) is 18.9. The number of methoxy groups -OCH3 is 1. The number of rotatable bonds is 10. The third-order valence-electron chi connectivity index (χ3n) is 4.99. The van der Waals surface area contributed by atoms with Crippen LogP contribution >= 0.6 is 0 Å². The normalized spacial score (nSPS) is 11.5. The summed E-state index contributed by atoms with van der Waals surface area (Å²) in [5.74, 6) is 3.34. The zero-order valence-electron chi connectivity index (χ0n) is 18.9. The summed E-state index contributed by atoms with van der Waals surface area (Å²) in [7, 11) is 1.65. The van der Waals surface area contributed by atoms with Crippen LogP contribution in [0.5, 0.6) is 11.5 Å². The molecule has 0 radical (unpaired) electrons. The van der Waals surface area contributed by atoms with Crippen LogP contribution in [0.25, 0.3) is 11.0 Å². The Balaban J connectivity index is 1.57. The molecule has 3 aromatic rings. The van der Waals surface area contributed by atoms with Crippen LogP contribution in [0.3, 0.4) is 0 Å². The smallest absolute Gasteiger partial charge is 0.191 e. The number of aliphatic imine (C=N–C) groups is 1. The molecule has 0 saturated heterocycles. The topological polar surface area (TPSA) is 72.7 Å². The monoisotopic (exact) mass is 423 g/mol. The fraction of sp³-hybridized carbons (Fsp3) is 0.417. The van der Waals surface area contributed by atoms with E-state index in [1.807, 2.05) is 31.2 Å². The summed E-state index contributed by atoms with van der Waals surface area (Å²) in [6.45, 7) is 9.80. The van der Waals surface area contributed by atoms with Gasteiger partial charge >= 0.3 is 0 Å². The maximum absolute atomic E-state index is 5.59.